The molecule has 0 aromatic heterocycles. The number of nitrogens with one attached hydrogen (secondary N) is 2. The van der Waals surface area contributed by atoms with E-state index in [1.54, 1.807) is 36.1 Å². The summed E-state index contributed by atoms with van der Waals surface area (Å²) in [6.07, 6.45) is -2.06. The van der Waals surface area contributed by atoms with E-state index in [1.807, 2.05) is 24.3 Å². The molecule has 0 spiro atoms. The average molecular weight is 741 g/mol. The number of rotatable bonds is 8. The normalized spacial score (nSPS) is 24.2. The van der Waals surface area contributed by atoms with Gasteiger partial charge in [0.1, 0.15) is 5.75 Å². The summed E-state index contributed by atoms with van der Waals surface area (Å²) in [6.45, 7) is 2.95. The Bertz CT molecular complexity index is 1700. The summed E-state index contributed by atoms with van der Waals surface area (Å²) in [5, 5.41) is 8.00. The number of piperidine rings is 1. The van der Waals surface area contributed by atoms with Gasteiger partial charge in [-0.05, 0) is 67.3 Å². The maximum absolute atomic E-state index is 15.0. The van der Waals surface area contributed by atoms with E-state index in [0.717, 1.165) is 42.5 Å². The first-order valence-electron chi connectivity index (χ1n) is 16.3. The fraction of sp³-hybridized carbons (Fsp3) is 0.441. The highest BCUT2D eigenvalue weighted by Crippen LogP contribution is 2.46. The summed E-state index contributed by atoms with van der Waals surface area (Å²) in [6, 6.07) is 16.2. The molecule has 3 aromatic rings. The number of benzene rings is 3. The highest BCUT2D eigenvalue weighted by molar-refractivity contribution is 7.86. The van der Waals surface area contributed by atoms with Crippen molar-refractivity contribution in [1.82, 2.24) is 24.1 Å². The minimum atomic E-state index is -4.65. The fourth-order valence-electron chi connectivity index (χ4n) is 6.86. The zero-order valence-electron chi connectivity index (χ0n) is 26.8. The van der Waals surface area contributed by atoms with Crippen LogP contribution in [0.25, 0.3) is 0 Å². The molecule has 3 fully saturated rings. The molecule has 3 aliphatic rings. The standard InChI is InChI=1S/C34H38Cl2F3N5O4S/c1-2-48-29-22-25(34(37,38)39)10-15-28(29)33(32(45)42-18-20-44(21-19-42)49(46,47)43-16-4-3-5-17-43)40-30(23-6-11-26(35)12-7-23)31(41-33)24-8-13-27(36)14-9-24/h6-15,22,30-31,40-41H,2-5,16-21H2,1H3. The van der Waals surface area contributed by atoms with Crippen molar-refractivity contribution in [3.63, 3.8) is 0 Å². The van der Waals surface area contributed by atoms with E-state index in [2.05, 4.69) is 10.6 Å². The SMILES string of the molecule is CCOc1cc(C(F)(F)F)ccc1C1(C(=O)N2CCN(S(=O)(=O)N3CCCCC3)CC2)NC(c2ccc(Cl)cc2)C(c2ccc(Cl)cc2)N1. The Morgan fingerprint density at radius 2 is 1.33 bits per heavy atom. The number of carbonyl (C=O) groups is 1. The van der Waals surface area contributed by atoms with Crippen LogP contribution in [0.2, 0.25) is 10.0 Å². The lowest BCUT2D eigenvalue weighted by Crippen LogP contribution is -2.63. The second-order valence-corrected chi connectivity index (χ2v) is 15.2. The Hall–Kier alpha value is -2.91. The topological polar surface area (TPSA) is 94.2 Å². The first kappa shape index (κ1) is 35.9. The number of carbonyl (C=O) groups excluding carboxylic acids is 1. The lowest BCUT2D eigenvalue weighted by molar-refractivity contribution is -0.141. The highest BCUT2D eigenvalue weighted by Gasteiger charge is 2.55. The van der Waals surface area contributed by atoms with Crippen LogP contribution in [0.15, 0.2) is 66.7 Å². The predicted octanol–water partition coefficient (Wildman–Crippen LogP) is 6.11. The molecule has 0 bridgehead atoms. The first-order valence-corrected chi connectivity index (χ1v) is 18.4. The Morgan fingerprint density at radius 1 is 0.816 bits per heavy atom. The van der Waals surface area contributed by atoms with Gasteiger partial charge in [-0.25, -0.2) is 0 Å². The third kappa shape index (κ3) is 7.30. The van der Waals surface area contributed by atoms with Crippen molar-refractivity contribution >= 4 is 39.3 Å². The smallest absolute Gasteiger partial charge is 0.416 e. The van der Waals surface area contributed by atoms with Crippen molar-refractivity contribution in [2.24, 2.45) is 0 Å². The van der Waals surface area contributed by atoms with Crippen molar-refractivity contribution in [2.45, 2.75) is 50.1 Å². The molecule has 3 aromatic carbocycles. The second-order valence-electron chi connectivity index (χ2n) is 12.4. The van der Waals surface area contributed by atoms with Gasteiger partial charge in [0.15, 0.2) is 5.66 Å². The quantitative estimate of drug-likeness (QED) is 0.290. The molecule has 49 heavy (non-hydrogen) atoms. The monoisotopic (exact) mass is 739 g/mol. The molecular weight excluding hydrogens is 702 g/mol. The summed E-state index contributed by atoms with van der Waals surface area (Å²) < 4.78 is 77.3. The van der Waals surface area contributed by atoms with Crippen molar-refractivity contribution in [1.29, 1.82) is 0 Å². The number of hydrogen-bond donors (Lipinski definition) is 2. The number of halogens is 5. The van der Waals surface area contributed by atoms with E-state index >= 15 is 0 Å². The van der Waals surface area contributed by atoms with Gasteiger partial charge in [0.2, 0.25) is 0 Å². The van der Waals surface area contributed by atoms with Gasteiger partial charge in [-0.15, -0.1) is 0 Å². The molecule has 3 saturated heterocycles. The second kappa shape index (κ2) is 14.4. The minimum absolute atomic E-state index is 0.0485. The summed E-state index contributed by atoms with van der Waals surface area (Å²) >= 11 is 12.4. The average Bonchev–Trinajstić information content (AvgIpc) is 3.50. The number of nitrogens with zero attached hydrogens (tertiary/aromatic N) is 3. The van der Waals surface area contributed by atoms with Crippen molar-refractivity contribution < 1.29 is 31.1 Å². The molecule has 2 atom stereocenters. The minimum Gasteiger partial charge on any atom is -0.493 e. The summed E-state index contributed by atoms with van der Waals surface area (Å²) in [5.41, 5.74) is -0.980. The number of piperazine rings is 1. The zero-order chi connectivity index (χ0) is 35.0. The Labute approximate surface area is 294 Å². The number of alkyl halides is 3. The van der Waals surface area contributed by atoms with E-state index < -0.39 is 45.6 Å². The summed E-state index contributed by atoms with van der Waals surface area (Å²) in [4.78, 5) is 16.5. The van der Waals surface area contributed by atoms with Crippen LogP contribution < -0.4 is 15.4 Å². The molecule has 9 nitrogen and oxygen atoms in total. The van der Waals surface area contributed by atoms with Gasteiger partial charge < -0.3 is 9.64 Å². The zero-order valence-corrected chi connectivity index (χ0v) is 29.2. The largest absolute Gasteiger partial charge is 0.493 e. The third-order valence-electron chi connectivity index (χ3n) is 9.36. The van der Waals surface area contributed by atoms with Crippen molar-refractivity contribution in [2.75, 3.05) is 45.9 Å². The van der Waals surface area contributed by atoms with Gasteiger partial charge in [0, 0.05) is 54.9 Å². The van der Waals surface area contributed by atoms with Crippen molar-refractivity contribution in [3.8, 4) is 5.75 Å². The van der Waals surface area contributed by atoms with E-state index in [9.17, 15) is 26.4 Å². The molecule has 15 heteroatoms. The third-order valence-corrected chi connectivity index (χ3v) is 11.9. The molecule has 264 valence electrons. The lowest BCUT2D eigenvalue weighted by atomic mass is 9.94. The van der Waals surface area contributed by atoms with E-state index in [4.69, 9.17) is 27.9 Å². The van der Waals surface area contributed by atoms with Crippen LogP contribution in [-0.2, 0) is 26.8 Å². The molecule has 0 saturated carbocycles. The predicted molar refractivity (Wildman–Crippen MR) is 181 cm³/mol. The molecule has 1 amide bonds. The van der Waals surface area contributed by atoms with Gasteiger partial charge in [0.25, 0.3) is 16.1 Å². The summed E-state index contributed by atoms with van der Waals surface area (Å²) in [5.74, 6) is -0.581. The Kier molecular flexibility index (Phi) is 10.5. The van der Waals surface area contributed by atoms with Gasteiger partial charge in [-0.2, -0.15) is 30.2 Å². The van der Waals surface area contributed by atoms with Crippen LogP contribution in [0.5, 0.6) is 5.75 Å². The van der Waals surface area contributed by atoms with Crippen LogP contribution in [0.4, 0.5) is 13.2 Å². The molecule has 0 radical (unpaired) electrons. The van der Waals surface area contributed by atoms with Gasteiger partial charge in [0.05, 0.1) is 24.3 Å². The maximum Gasteiger partial charge on any atom is 0.416 e. The van der Waals surface area contributed by atoms with Crippen molar-refractivity contribution in [3.05, 3.63) is 99.0 Å². The highest BCUT2D eigenvalue weighted by atomic mass is 35.5. The van der Waals surface area contributed by atoms with Crippen LogP contribution in [0.3, 0.4) is 0 Å². The van der Waals surface area contributed by atoms with E-state index in [1.165, 1.54) is 14.7 Å². The number of hydrogen-bond acceptors (Lipinski definition) is 6. The molecule has 0 aliphatic carbocycles. The van der Waals surface area contributed by atoms with Gasteiger partial charge in [-0.1, -0.05) is 60.0 Å². The van der Waals surface area contributed by atoms with Crippen LogP contribution >= 0.6 is 23.2 Å². The van der Waals surface area contributed by atoms with Crippen LogP contribution in [0.1, 0.15) is 60.5 Å². The molecule has 6 rings (SSSR count). The maximum atomic E-state index is 15.0. The molecule has 3 aliphatic heterocycles. The first-order chi connectivity index (χ1) is 23.3. The molecule has 2 N–H and O–H groups in total. The van der Waals surface area contributed by atoms with Gasteiger partial charge in [-0.3, -0.25) is 15.4 Å². The number of amides is 1. The fourth-order valence-corrected chi connectivity index (χ4v) is 8.79. The Morgan fingerprint density at radius 3 is 1.82 bits per heavy atom. The molecule has 3 heterocycles. The molecule has 2 unspecified atom stereocenters. The van der Waals surface area contributed by atoms with Gasteiger partial charge >= 0.3 is 6.18 Å². The molecular formula is C34H38Cl2F3N5O4S. The summed E-state index contributed by atoms with van der Waals surface area (Å²) in [7, 11) is -3.70. The van der Waals surface area contributed by atoms with E-state index in [-0.39, 0.29) is 44.1 Å². The van der Waals surface area contributed by atoms with Crippen LogP contribution in [-0.4, -0.2) is 73.7 Å². The van der Waals surface area contributed by atoms with Crippen LogP contribution in [0, 0.1) is 0 Å². The lowest BCUT2D eigenvalue weighted by Gasteiger charge is -2.41. The van der Waals surface area contributed by atoms with E-state index in [0.29, 0.717) is 23.1 Å². The number of ether oxygens (including phenoxy) is 1. The Balaban J connectivity index is 1.42.